The van der Waals surface area contributed by atoms with Crippen molar-refractivity contribution >= 4 is 27.3 Å². The number of carbonyl (C=O) groups is 1. The largest absolute Gasteiger partial charge is 0.497 e. The minimum atomic E-state index is -3.62. The number of rotatable bonds is 7. The molecule has 2 atom stereocenters. The fourth-order valence-electron chi connectivity index (χ4n) is 3.45. The summed E-state index contributed by atoms with van der Waals surface area (Å²) < 4.78 is 32.4. The predicted octanol–water partition coefficient (Wildman–Crippen LogP) is 2.90. The van der Waals surface area contributed by atoms with Crippen molar-refractivity contribution in [3.63, 3.8) is 0 Å². The highest BCUT2D eigenvalue weighted by molar-refractivity contribution is 7.89. The molecule has 1 aromatic heterocycles. The van der Waals surface area contributed by atoms with E-state index in [2.05, 4.69) is 16.8 Å². The van der Waals surface area contributed by atoms with E-state index in [0.717, 1.165) is 6.42 Å². The monoisotopic (exact) mass is 422 g/mol. The van der Waals surface area contributed by atoms with Gasteiger partial charge < -0.3 is 10.1 Å². The number of methoxy groups -OCH3 is 1. The zero-order chi connectivity index (χ0) is 20.1. The molecular weight excluding hydrogens is 396 g/mol. The number of nitrogens with one attached hydrogen (secondary N) is 1. The minimum Gasteiger partial charge on any atom is -0.497 e. The molecule has 0 spiro atoms. The quantitative estimate of drug-likeness (QED) is 0.744. The highest BCUT2D eigenvalue weighted by atomic mass is 32.2. The summed E-state index contributed by atoms with van der Waals surface area (Å²) >= 11 is 1.64. The van der Waals surface area contributed by atoms with Crippen LogP contribution in [0.3, 0.4) is 0 Å². The molecule has 1 aliphatic heterocycles. The average Bonchev–Trinajstić information content (AvgIpc) is 3.21. The Hall–Kier alpha value is -1.90. The van der Waals surface area contributed by atoms with E-state index in [1.165, 1.54) is 17.0 Å². The van der Waals surface area contributed by atoms with Gasteiger partial charge in [-0.05, 0) is 72.8 Å². The molecule has 1 N–H and O–H groups in total. The molecule has 6 nitrogen and oxygen atoms in total. The van der Waals surface area contributed by atoms with Crippen molar-refractivity contribution in [3.05, 3.63) is 46.7 Å². The maximum atomic E-state index is 12.9. The minimum absolute atomic E-state index is 0.00988. The zero-order valence-electron chi connectivity index (χ0n) is 16.1. The van der Waals surface area contributed by atoms with Crippen LogP contribution in [0.4, 0.5) is 0 Å². The molecule has 1 aliphatic rings. The summed E-state index contributed by atoms with van der Waals surface area (Å²) in [6.45, 7) is 2.62. The third-order valence-electron chi connectivity index (χ3n) is 4.96. The highest BCUT2D eigenvalue weighted by Crippen LogP contribution is 2.25. The van der Waals surface area contributed by atoms with E-state index in [-0.39, 0.29) is 29.3 Å². The van der Waals surface area contributed by atoms with Crippen molar-refractivity contribution in [1.29, 1.82) is 0 Å². The molecule has 3 rings (SSSR count). The summed E-state index contributed by atoms with van der Waals surface area (Å²) in [5, 5.41) is 7.14. The number of sulfonamides is 1. The Balaban J connectivity index is 1.62. The van der Waals surface area contributed by atoms with Crippen molar-refractivity contribution in [2.24, 2.45) is 5.92 Å². The number of nitrogens with zero attached hydrogens (tertiary/aromatic N) is 1. The summed E-state index contributed by atoms with van der Waals surface area (Å²) in [6, 6.07) is 8.41. The van der Waals surface area contributed by atoms with E-state index in [9.17, 15) is 13.2 Å². The van der Waals surface area contributed by atoms with Gasteiger partial charge in [0.1, 0.15) is 5.75 Å². The van der Waals surface area contributed by atoms with Crippen LogP contribution in [-0.4, -0.2) is 44.9 Å². The molecule has 1 aromatic carbocycles. The smallest absolute Gasteiger partial charge is 0.243 e. The number of hydrogen-bond acceptors (Lipinski definition) is 5. The first-order chi connectivity index (χ1) is 13.4. The summed E-state index contributed by atoms with van der Waals surface area (Å²) in [5.74, 6) is 0.207. The molecule has 8 heteroatoms. The van der Waals surface area contributed by atoms with E-state index >= 15 is 0 Å². The molecule has 0 radical (unpaired) electrons. The Labute approximate surface area is 170 Å². The van der Waals surface area contributed by atoms with Crippen LogP contribution in [0.25, 0.3) is 0 Å². The van der Waals surface area contributed by atoms with Crippen molar-refractivity contribution in [1.82, 2.24) is 9.62 Å². The second-order valence-corrected chi connectivity index (χ2v) is 9.84. The van der Waals surface area contributed by atoms with Crippen molar-refractivity contribution < 1.29 is 17.9 Å². The van der Waals surface area contributed by atoms with Gasteiger partial charge in [-0.1, -0.05) is 0 Å². The third-order valence-corrected chi connectivity index (χ3v) is 7.57. The summed E-state index contributed by atoms with van der Waals surface area (Å²) in [6.07, 6.45) is 2.15. The average molecular weight is 423 g/mol. The van der Waals surface area contributed by atoms with Gasteiger partial charge >= 0.3 is 0 Å². The lowest BCUT2D eigenvalue weighted by molar-refractivity contribution is -0.126. The third kappa shape index (κ3) is 4.92. The van der Waals surface area contributed by atoms with Gasteiger partial charge in [-0.3, -0.25) is 4.79 Å². The van der Waals surface area contributed by atoms with E-state index in [1.54, 1.807) is 35.6 Å². The summed E-state index contributed by atoms with van der Waals surface area (Å²) in [4.78, 5) is 12.9. The van der Waals surface area contributed by atoms with Gasteiger partial charge in [0.05, 0.1) is 17.9 Å². The molecule has 0 saturated carbocycles. The normalized spacial score (nSPS) is 19.1. The molecule has 2 unspecified atom stereocenters. The second kappa shape index (κ2) is 9.07. The van der Waals surface area contributed by atoms with Crippen LogP contribution < -0.4 is 10.1 Å². The maximum Gasteiger partial charge on any atom is 0.243 e. The van der Waals surface area contributed by atoms with Gasteiger partial charge in [0, 0.05) is 19.1 Å². The standard InChI is InChI=1S/C20H26N2O4S2/c1-15(12-16-9-11-27-14-16)21-20(23)17-4-3-10-22(13-17)28(24,25)19-7-5-18(26-2)6-8-19/h5-9,11,14-15,17H,3-4,10,12-13H2,1-2H3,(H,21,23). The Kier molecular flexibility index (Phi) is 6.74. The Morgan fingerprint density at radius 3 is 2.71 bits per heavy atom. The Morgan fingerprint density at radius 1 is 1.32 bits per heavy atom. The Morgan fingerprint density at radius 2 is 2.07 bits per heavy atom. The zero-order valence-corrected chi connectivity index (χ0v) is 17.8. The van der Waals surface area contributed by atoms with Crippen LogP contribution in [0.2, 0.25) is 0 Å². The lowest BCUT2D eigenvalue weighted by Gasteiger charge is -2.32. The molecule has 0 bridgehead atoms. The van der Waals surface area contributed by atoms with Gasteiger partial charge in [-0.25, -0.2) is 8.42 Å². The van der Waals surface area contributed by atoms with Gasteiger partial charge in [0.25, 0.3) is 0 Å². The van der Waals surface area contributed by atoms with Gasteiger partial charge in [0.2, 0.25) is 15.9 Å². The molecule has 2 heterocycles. The SMILES string of the molecule is COc1ccc(S(=O)(=O)N2CCCC(C(=O)NC(C)Cc3ccsc3)C2)cc1. The van der Waals surface area contributed by atoms with E-state index < -0.39 is 10.0 Å². The fourth-order valence-corrected chi connectivity index (χ4v) is 5.65. The van der Waals surface area contributed by atoms with E-state index in [0.29, 0.717) is 25.1 Å². The van der Waals surface area contributed by atoms with Crippen LogP contribution in [0, 0.1) is 5.92 Å². The molecule has 1 saturated heterocycles. The first-order valence-electron chi connectivity index (χ1n) is 9.36. The van der Waals surface area contributed by atoms with Crippen molar-refractivity contribution in [2.45, 2.75) is 37.1 Å². The summed E-state index contributed by atoms with van der Waals surface area (Å²) in [7, 11) is -2.09. The number of hydrogen-bond donors (Lipinski definition) is 1. The number of piperidine rings is 1. The second-order valence-electron chi connectivity index (χ2n) is 7.12. The van der Waals surface area contributed by atoms with Gasteiger partial charge in [-0.2, -0.15) is 15.6 Å². The fraction of sp³-hybridized carbons (Fsp3) is 0.450. The van der Waals surface area contributed by atoms with Crippen molar-refractivity contribution in [2.75, 3.05) is 20.2 Å². The summed E-state index contributed by atoms with van der Waals surface area (Å²) in [5.41, 5.74) is 1.20. The van der Waals surface area contributed by atoms with E-state index in [4.69, 9.17) is 4.74 Å². The van der Waals surface area contributed by atoms with Gasteiger partial charge in [-0.15, -0.1) is 0 Å². The topological polar surface area (TPSA) is 75.7 Å². The number of amides is 1. The molecule has 28 heavy (non-hydrogen) atoms. The Bertz CT molecular complexity index is 879. The van der Waals surface area contributed by atoms with Crippen LogP contribution >= 0.6 is 11.3 Å². The first-order valence-corrected chi connectivity index (χ1v) is 11.7. The van der Waals surface area contributed by atoms with Crippen LogP contribution in [0.5, 0.6) is 5.75 Å². The molecular formula is C20H26N2O4S2. The lowest BCUT2D eigenvalue weighted by atomic mass is 9.98. The first kappa shape index (κ1) is 20.8. The number of benzene rings is 1. The highest BCUT2D eigenvalue weighted by Gasteiger charge is 2.33. The molecule has 2 aromatic rings. The van der Waals surface area contributed by atoms with Crippen molar-refractivity contribution in [3.8, 4) is 5.75 Å². The number of ether oxygens (including phenoxy) is 1. The van der Waals surface area contributed by atoms with Crippen LogP contribution in [-0.2, 0) is 21.2 Å². The van der Waals surface area contributed by atoms with Crippen LogP contribution in [0.15, 0.2) is 46.0 Å². The number of thiophene rings is 1. The molecule has 0 aliphatic carbocycles. The van der Waals surface area contributed by atoms with Crippen LogP contribution in [0.1, 0.15) is 25.3 Å². The predicted molar refractivity (Wildman–Crippen MR) is 110 cm³/mol. The molecule has 1 amide bonds. The maximum absolute atomic E-state index is 12.9. The molecule has 1 fully saturated rings. The molecule has 152 valence electrons. The number of carbonyl (C=O) groups excluding carboxylic acids is 1. The van der Waals surface area contributed by atoms with Gasteiger partial charge in [0.15, 0.2) is 0 Å². The van der Waals surface area contributed by atoms with E-state index in [1.807, 2.05) is 12.3 Å². The lowest BCUT2D eigenvalue weighted by Crippen LogP contribution is -2.47.